The van der Waals surface area contributed by atoms with Crippen molar-refractivity contribution in [3.8, 4) is 5.82 Å². The number of carboxylic acids is 1. The molecule has 1 aliphatic carbocycles. The molecule has 0 saturated heterocycles. The van der Waals surface area contributed by atoms with Crippen LogP contribution in [0.3, 0.4) is 0 Å². The summed E-state index contributed by atoms with van der Waals surface area (Å²) >= 11 is 0. The van der Waals surface area contributed by atoms with Gasteiger partial charge in [0.25, 0.3) is 0 Å². The molecule has 1 aliphatic rings. The van der Waals surface area contributed by atoms with Crippen LogP contribution in [0, 0.1) is 0 Å². The highest BCUT2D eigenvalue weighted by Gasteiger charge is 2.30. The molecule has 0 bridgehead atoms. The van der Waals surface area contributed by atoms with Crippen LogP contribution in [-0.4, -0.2) is 30.4 Å². The third-order valence-corrected chi connectivity index (χ3v) is 3.80. The molecule has 0 unspecified atom stereocenters. The van der Waals surface area contributed by atoms with E-state index in [0.717, 1.165) is 30.0 Å². The van der Waals surface area contributed by atoms with E-state index in [0.29, 0.717) is 11.4 Å². The number of aromatic carboxylic acids is 1. The van der Waals surface area contributed by atoms with Crippen molar-refractivity contribution in [2.24, 2.45) is 7.05 Å². The minimum Gasteiger partial charge on any atom is -0.478 e. The van der Waals surface area contributed by atoms with Crippen molar-refractivity contribution in [1.82, 2.24) is 19.3 Å². The number of fused-ring (bicyclic) bond motifs is 1. The molecule has 1 fully saturated rings. The summed E-state index contributed by atoms with van der Waals surface area (Å²) in [7, 11) is 1.88. The number of aryl methyl sites for hydroxylation is 1. The number of rotatable bonds is 3. The molecule has 1 saturated carbocycles. The predicted octanol–water partition coefficient (Wildman–Crippen LogP) is 2.33. The molecule has 0 amide bonds. The highest BCUT2D eigenvalue weighted by atomic mass is 16.4. The molecule has 1 N–H and O–H groups in total. The highest BCUT2D eigenvalue weighted by Crippen LogP contribution is 2.41. The Labute approximate surface area is 120 Å². The van der Waals surface area contributed by atoms with Gasteiger partial charge < -0.3 is 5.11 Å². The van der Waals surface area contributed by atoms with Crippen molar-refractivity contribution in [2.75, 3.05) is 0 Å². The molecule has 6 nitrogen and oxygen atoms in total. The first-order chi connectivity index (χ1) is 10.1. The summed E-state index contributed by atoms with van der Waals surface area (Å²) in [6, 6.07) is 7.00. The van der Waals surface area contributed by atoms with E-state index in [1.54, 1.807) is 16.8 Å². The molecule has 6 heteroatoms. The summed E-state index contributed by atoms with van der Waals surface area (Å²) in [5.74, 6) is 1.32. The Morgan fingerprint density at radius 3 is 2.76 bits per heavy atom. The molecule has 106 valence electrons. The standard InChI is InChI=1S/C15H14N4O2/c1-18-7-6-13(17-18)19-12-5-4-10(15(20)21)8-11(12)16-14(19)9-2-3-9/h4-9H,2-3H2,1H3,(H,20,21). The highest BCUT2D eigenvalue weighted by molar-refractivity contribution is 5.92. The Bertz CT molecular complexity index is 858. The van der Waals surface area contributed by atoms with Crippen molar-refractivity contribution in [3.05, 3.63) is 41.9 Å². The maximum atomic E-state index is 11.1. The molecule has 3 aromatic rings. The lowest BCUT2D eigenvalue weighted by Crippen LogP contribution is -2.02. The molecule has 0 spiro atoms. The number of aromatic nitrogens is 4. The molecule has 2 aromatic heterocycles. The van der Waals surface area contributed by atoms with Crippen LogP contribution in [0.5, 0.6) is 0 Å². The van der Waals surface area contributed by atoms with E-state index in [4.69, 9.17) is 5.11 Å². The van der Waals surface area contributed by atoms with Crippen molar-refractivity contribution in [3.63, 3.8) is 0 Å². The van der Waals surface area contributed by atoms with Crippen LogP contribution in [-0.2, 0) is 7.05 Å². The van der Waals surface area contributed by atoms with E-state index in [2.05, 4.69) is 10.1 Å². The third kappa shape index (κ3) is 1.91. The minimum absolute atomic E-state index is 0.260. The van der Waals surface area contributed by atoms with Gasteiger partial charge in [-0.25, -0.2) is 9.78 Å². The van der Waals surface area contributed by atoms with E-state index in [-0.39, 0.29) is 5.56 Å². The zero-order valence-electron chi connectivity index (χ0n) is 11.5. The summed E-state index contributed by atoms with van der Waals surface area (Å²) < 4.78 is 3.79. The molecule has 0 atom stereocenters. The largest absolute Gasteiger partial charge is 0.478 e. The number of carboxylic acid groups (broad SMARTS) is 1. The summed E-state index contributed by atoms with van der Waals surface area (Å²) in [5.41, 5.74) is 1.87. The monoisotopic (exact) mass is 282 g/mol. The van der Waals surface area contributed by atoms with Crippen LogP contribution >= 0.6 is 0 Å². The van der Waals surface area contributed by atoms with Crippen LogP contribution < -0.4 is 0 Å². The molecule has 1 aromatic carbocycles. The molecule has 0 radical (unpaired) electrons. The first-order valence-electron chi connectivity index (χ1n) is 6.89. The van der Waals surface area contributed by atoms with Crippen molar-refractivity contribution < 1.29 is 9.90 Å². The van der Waals surface area contributed by atoms with Gasteiger partial charge in [0.2, 0.25) is 0 Å². The number of hydrogen-bond acceptors (Lipinski definition) is 3. The van der Waals surface area contributed by atoms with E-state index in [1.807, 2.05) is 29.9 Å². The Balaban J connectivity index is 1.98. The number of carbonyl (C=O) groups is 1. The normalized spacial score (nSPS) is 14.7. The second kappa shape index (κ2) is 4.18. The van der Waals surface area contributed by atoms with Gasteiger partial charge in [0.1, 0.15) is 5.82 Å². The fourth-order valence-corrected chi connectivity index (χ4v) is 2.61. The van der Waals surface area contributed by atoms with Crippen LogP contribution in [0.15, 0.2) is 30.5 Å². The van der Waals surface area contributed by atoms with Crippen LogP contribution in [0.4, 0.5) is 0 Å². The van der Waals surface area contributed by atoms with E-state index in [9.17, 15) is 4.79 Å². The topological polar surface area (TPSA) is 72.9 Å². The summed E-state index contributed by atoms with van der Waals surface area (Å²) in [4.78, 5) is 15.8. The lowest BCUT2D eigenvalue weighted by atomic mass is 10.2. The van der Waals surface area contributed by atoms with Gasteiger partial charge in [-0.2, -0.15) is 5.10 Å². The van der Waals surface area contributed by atoms with Crippen LogP contribution in [0.1, 0.15) is 34.9 Å². The Kier molecular flexibility index (Phi) is 2.42. The second-order valence-corrected chi connectivity index (χ2v) is 5.44. The summed E-state index contributed by atoms with van der Waals surface area (Å²) in [6.45, 7) is 0. The Morgan fingerprint density at radius 1 is 1.33 bits per heavy atom. The van der Waals surface area contributed by atoms with Gasteiger partial charge in [0.15, 0.2) is 5.82 Å². The van der Waals surface area contributed by atoms with Crippen molar-refractivity contribution >= 4 is 17.0 Å². The van der Waals surface area contributed by atoms with Gasteiger partial charge in [-0.15, -0.1) is 0 Å². The number of imidazole rings is 1. The average molecular weight is 282 g/mol. The van der Waals surface area contributed by atoms with Gasteiger partial charge in [0, 0.05) is 25.2 Å². The third-order valence-electron chi connectivity index (χ3n) is 3.80. The van der Waals surface area contributed by atoms with Crippen LogP contribution in [0.25, 0.3) is 16.9 Å². The fraction of sp³-hybridized carbons (Fsp3) is 0.267. The van der Waals surface area contributed by atoms with E-state index >= 15 is 0 Å². The molecule has 21 heavy (non-hydrogen) atoms. The lowest BCUT2D eigenvalue weighted by Gasteiger charge is -2.04. The SMILES string of the molecule is Cn1ccc(-n2c(C3CC3)nc3cc(C(=O)O)ccc32)n1. The zero-order chi connectivity index (χ0) is 14.6. The summed E-state index contributed by atoms with van der Waals surface area (Å²) in [6.07, 6.45) is 4.15. The lowest BCUT2D eigenvalue weighted by molar-refractivity contribution is 0.0697. The maximum absolute atomic E-state index is 11.1. The first kappa shape index (κ1) is 12.1. The Hall–Kier alpha value is -2.63. The van der Waals surface area contributed by atoms with Gasteiger partial charge >= 0.3 is 5.97 Å². The van der Waals surface area contributed by atoms with Crippen molar-refractivity contribution in [1.29, 1.82) is 0 Å². The molecular formula is C15H14N4O2. The molecular weight excluding hydrogens is 268 g/mol. The van der Waals surface area contributed by atoms with Crippen LogP contribution in [0.2, 0.25) is 0 Å². The van der Waals surface area contributed by atoms with Crippen molar-refractivity contribution in [2.45, 2.75) is 18.8 Å². The predicted molar refractivity (Wildman–Crippen MR) is 76.8 cm³/mol. The smallest absolute Gasteiger partial charge is 0.335 e. The summed E-state index contributed by atoms with van der Waals surface area (Å²) in [5, 5.41) is 13.6. The molecule has 4 rings (SSSR count). The number of benzene rings is 1. The molecule has 0 aliphatic heterocycles. The van der Waals surface area contributed by atoms with Gasteiger partial charge in [-0.05, 0) is 31.0 Å². The second-order valence-electron chi connectivity index (χ2n) is 5.44. The fourth-order valence-electron chi connectivity index (χ4n) is 2.61. The molecule has 2 heterocycles. The number of hydrogen-bond donors (Lipinski definition) is 1. The Morgan fingerprint density at radius 2 is 2.14 bits per heavy atom. The zero-order valence-corrected chi connectivity index (χ0v) is 11.5. The number of nitrogens with zero attached hydrogens (tertiary/aromatic N) is 4. The quantitative estimate of drug-likeness (QED) is 0.800. The average Bonchev–Trinajstić information content (AvgIpc) is 3.11. The van der Waals surface area contributed by atoms with E-state index in [1.165, 1.54) is 0 Å². The van der Waals surface area contributed by atoms with Gasteiger partial charge in [-0.3, -0.25) is 9.25 Å². The maximum Gasteiger partial charge on any atom is 0.335 e. The van der Waals surface area contributed by atoms with Gasteiger partial charge in [0.05, 0.1) is 16.6 Å². The first-order valence-corrected chi connectivity index (χ1v) is 6.89. The van der Waals surface area contributed by atoms with Gasteiger partial charge in [-0.1, -0.05) is 0 Å². The minimum atomic E-state index is -0.933. The van der Waals surface area contributed by atoms with E-state index < -0.39 is 5.97 Å².